The molecule has 0 aliphatic rings. The third-order valence-electron chi connectivity index (χ3n) is 2.62. The highest BCUT2D eigenvalue weighted by molar-refractivity contribution is 7.86. The predicted octanol–water partition coefficient (Wildman–Crippen LogP) is -1.09. The fourth-order valence-corrected chi connectivity index (χ4v) is 2.37. The Bertz CT molecular complexity index is 482. The molecule has 12 heteroatoms. The Kier molecular flexibility index (Phi) is 14.1. The fourth-order valence-electron chi connectivity index (χ4n) is 1.41. The number of rotatable bonds is 12. The van der Waals surface area contributed by atoms with Crippen LogP contribution in [0.1, 0.15) is 13.8 Å². The van der Waals surface area contributed by atoms with Crippen molar-refractivity contribution < 1.29 is 30.7 Å². The zero-order valence-electron chi connectivity index (χ0n) is 13.9. The minimum absolute atomic E-state index is 0.0464. The van der Waals surface area contributed by atoms with Crippen LogP contribution in [-0.4, -0.2) is 93.8 Å². The van der Waals surface area contributed by atoms with Crippen LogP contribution in [0.25, 0.3) is 0 Å². The van der Waals surface area contributed by atoms with E-state index in [1.54, 1.807) is 4.90 Å². The van der Waals surface area contributed by atoms with Crippen LogP contribution in [0.5, 0.6) is 0 Å². The van der Waals surface area contributed by atoms with E-state index in [0.29, 0.717) is 19.7 Å². The first-order valence-electron chi connectivity index (χ1n) is 7.15. The first-order chi connectivity index (χ1) is 10.5. The van der Waals surface area contributed by atoms with Gasteiger partial charge in [-0.2, -0.15) is 16.8 Å². The summed E-state index contributed by atoms with van der Waals surface area (Å²) in [7, 11) is -6.62. The van der Waals surface area contributed by atoms with Crippen LogP contribution in [0.4, 0.5) is 0 Å². The Balaban J connectivity index is 0. The largest absolute Gasteiger partial charge is 0.383 e. The molecule has 0 aromatic heterocycles. The maximum Gasteiger partial charge on any atom is 0.266 e. The molecule has 4 N–H and O–H groups in total. The Morgan fingerprint density at radius 1 is 0.870 bits per heavy atom. The van der Waals surface area contributed by atoms with Gasteiger partial charge in [0.2, 0.25) is 0 Å². The zero-order valence-corrected chi connectivity index (χ0v) is 15.5. The van der Waals surface area contributed by atoms with Crippen LogP contribution in [-0.2, 0) is 25.0 Å². The van der Waals surface area contributed by atoms with Crippen molar-refractivity contribution in [2.24, 2.45) is 5.84 Å². The summed E-state index contributed by atoms with van der Waals surface area (Å²) >= 11 is 0. The molecule has 142 valence electrons. The van der Waals surface area contributed by atoms with Gasteiger partial charge in [0.25, 0.3) is 20.2 Å². The van der Waals surface area contributed by atoms with Crippen LogP contribution >= 0.6 is 0 Å². The highest BCUT2D eigenvalue weighted by Gasteiger charge is 2.13. The number of ether oxygens (including phenoxy) is 1. The Morgan fingerprint density at radius 3 is 1.78 bits per heavy atom. The second-order valence-electron chi connectivity index (χ2n) is 4.44. The highest BCUT2D eigenvalue weighted by atomic mass is 32.2. The van der Waals surface area contributed by atoms with Crippen LogP contribution < -0.4 is 5.84 Å². The van der Waals surface area contributed by atoms with Gasteiger partial charge in [-0.3, -0.25) is 19.8 Å². The minimum Gasteiger partial charge on any atom is -0.383 e. The quantitative estimate of drug-likeness (QED) is 0.217. The molecule has 0 saturated carbocycles. The van der Waals surface area contributed by atoms with Gasteiger partial charge in [-0.1, -0.05) is 13.8 Å². The van der Waals surface area contributed by atoms with Gasteiger partial charge < -0.3 is 4.74 Å². The Hall–Kier alpha value is -0.340. The highest BCUT2D eigenvalue weighted by Crippen LogP contribution is 1.94. The SMILES string of the molecule is CC.COCCN(CCN(N)CCS(=O)(=O)O)CCS(=O)(=O)O. The van der Waals surface area contributed by atoms with Gasteiger partial charge in [0.1, 0.15) is 0 Å². The van der Waals surface area contributed by atoms with E-state index in [4.69, 9.17) is 19.7 Å². The summed E-state index contributed by atoms with van der Waals surface area (Å²) in [6.45, 7) is 5.51. The van der Waals surface area contributed by atoms with Crippen molar-refractivity contribution in [3.05, 3.63) is 0 Å². The maximum absolute atomic E-state index is 10.7. The van der Waals surface area contributed by atoms with E-state index in [1.165, 1.54) is 12.1 Å². The van der Waals surface area contributed by atoms with E-state index in [1.807, 2.05) is 13.8 Å². The van der Waals surface area contributed by atoms with Crippen molar-refractivity contribution in [2.45, 2.75) is 13.8 Å². The molecule has 0 unspecified atom stereocenters. The van der Waals surface area contributed by atoms with Crippen LogP contribution in [0.15, 0.2) is 0 Å². The number of hydrogen-bond acceptors (Lipinski definition) is 8. The second-order valence-corrected chi connectivity index (χ2v) is 7.59. The lowest BCUT2D eigenvalue weighted by Gasteiger charge is -2.24. The van der Waals surface area contributed by atoms with E-state index in [9.17, 15) is 16.8 Å². The molecule has 23 heavy (non-hydrogen) atoms. The first kappa shape index (κ1) is 24.9. The maximum atomic E-state index is 10.7. The topological polar surface area (TPSA) is 150 Å². The van der Waals surface area contributed by atoms with Crippen molar-refractivity contribution in [2.75, 3.05) is 57.9 Å². The molecule has 0 heterocycles. The van der Waals surface area contributed by atoms with Crippen molar-refractivity contribution in [3.8, 4) is 0 Å². The number of hydrogen-bond donors (Lipinski definition) is 3. The lowest BCUT2D eigenvalue weighted by Crippen LogP contribution is -2.43. The standard InChI is InChI=1S/C9H23N3O7S2.C2H6/c1-19-7-4-11(5-8-20(13,14)15)2-3-12(10)6-9-21(16,17)18;1-2/h2-10H2,1H3,(H,13,14,15)(H,16,17,18);1-2H3. The van der Waals surface area contributed by atoms with Crippen LogP contribution in [0.3, 0.4) is 0 Å². The van der Waals surface area contributed by atoms with Gasteiger partial charge in [0, 0.05) is 39.8 Å². The summed E-state index contributed by atoms with van der Waals surface area (Å²) in [6.07, 6.45) is 0. The number of methoxy groups -OCH3 is 1. The van der Waals surface area contributed by atoms with E-state index >= 15 is 0 Å². The summed E-state index contributed by atoms with van der Waals surface area (Å²) < 4.78 is 64.8. The van der Waals surface area contributed by atoms with Crippen molar-refractivity contribution >= 4 is 20.2 Å². The van der Waals surface area contributed by atoms with Gasteiger partial charge in [0.05, 0.1) is 18.1 Å². The molecule has 0 fully saturated rings. The zero-order chi connectivity index (χ0) is 18.5. The van der Waals surface area contributed by atoms with Gasteiger partial charge in [0.15, 0.2) is 0 Å². The number of nitrogens with zero attached hydrogens (tertiary/aromatic N) is 2. The lowest BCUT2D eigenvalue weighted by molar-refractivity contribution is 0.140. The van der Waals surface area contributed by atoms with Gasteiger partial charge >= 0.3 is 0 Å². The van der Waals surface area contributed by atoms with E-state index in [2.05, 4.69) is 0 Å². The van der Waals surface area contributed by atoms with Gasteiger partial charge in [-0.05, 0) is 0 Å². The third kappa shape index (κ3) is 19.6. The number of hydrazine groups is 1. The average molecular weight is 380 g/mol. The first-order valence-corrected chi connectivity index (χ1v) is 10.4. The molecule has 0 saturated heterocycles. The molecule has 0 spiro atoms. The molecule has 0 bridgehead atoms. The van der Waals surface area contributed by atoms with Crippen LogP contribution in [0, 0.1) is 0 Å². The Labute approximate surface area is 139 Å². The van der Waals surface area contributed by atoms with Gasteiger partial charge in [-0.15, -0.1) is 0 Å². The third-order valence-corrected chi connectivity index (χ3v) is 4.01. The van der Waals surface area contributed by atoms with E-state index < -0.39 is 31.7 Å². The lowest BCUT2D eigenvalue weighted by atomic mass is 10.4. The molecule has 0 aromatic carbocycles. The molecule has 0 aromatic rings. The summed E-state index contributed by atoms with van der Waals surface area (Å²) in [5, 5.41) is 1.21. The smallest absolute Gasteiger partial charge is 0.266 e. The molecule has 0 aliphatic heterocycles. The summed E-state index contributed by atoms with van der Waals surface area (Å²) in [6, 6.07) is 0. The molecule has 0 atom stereocenters. The molecule has 10 nitrogen and oxygen atoms in total. The molecule has 0 aliphatic carbocycles. The normalized spacial score (nSPS) is 12.3. The minimum atomic E-state index is -4.07. The summed E-state index contributed by atoms with van der Waals surface area (Å²) in [5.74, 6) is 4.68. The van der Waals surface area contributed by atoms with E-state index in [0.717, 1.165) is 0 Å². The van der Waals surface area contributed by atoms with Crippen LogP contribution in [0.2, 0.25) is 0 Å². The van der Waals surface area contributed by atoms with Gasteiger partial charge in [-0.25, -0.2) is 5.01 Å². The van der Waals surface area contributed by atoms with Crippen molar-refractivity contribution in [1.82, 2.24) is 9.91 Å². The second kappa shape index (κ2) is 13.0. The molecular weight excluding hydrogens is 350 g/mol. The molecule has 0 radical (unpaired) electrons. The Morgan fingerprint density at radius 2 is 1.35 bits per heavy atom. The monoisotopic (exact) mass is 379 g/mol. The summed E-state index contributed by atoms with van der Waals surface area (Å²) in [4.78, 5) is 1.71. The predicted molar refractivity (Wildman–Crippen MR) is 88.3 cm³/mol. The van der Waals surface area contributed by atoms with Crippen molar-refractivity contribution in [3.63, 3.8) is 0 Å². The summed E-state index contributed by atoms with van der Waals surface area (Å²) in [5.41, 5.74) is 0. The van der Waals surface area contributed by atoms with E-state index in [-0.39, 0.29) is 19.6 Å². The molecular formula is C11H29N3O7S2. The molecule has 0 rings (SSSR count). The number of nitrogens with two attached hydrogens (primary N) is 1. The average Bonchev–Trinajstić information content (AvgIpc) is 2.44. The fraction of sp³-hybridized carbons (Fsp3) is 1.00. The van der Waals surface area contributed by atoms with Crippen molar-refractivity contribution in [1.29, 1.82) is 0 Å². The molecule has 0 amide bonds.